The van der Waals surface area contributed by atoms with Crippen molar-refractivity contribution in [2.24, 2.45) is 0 Å². The number of fused-ring (bicyclic) bond motifs is 1. The standard InChI is InChI=1S/C16H17N3O/c1-3-8-19-14-6-7-17-10-13(14)18-16(19)12-9-11(2)4-5-15(12)20/h4-7,9-10,20H,3,8H2,1-2H3. The summed E-state index contributed by atoms with van der Waals surface area (Å²) in [5.74, 6) is 1.06. The van der Waals surface area contributed by atoms with Crippen molar-refractivity contribution >= 4 is 11.0 Å². The van der Waals surface area contributed by atoms with Crippen LogP contribution in [0.1, 0.15) is 18.9 Å². The fourth-order valence-corrected chi connectivity index (χ4v) is 2.47. The summed E-state index contributed by atoms with van der Waals surface area (Å²) >= 11 is 0. The van der Waals surface area contributed by atoms with Gasteiger partial charge in [-0.25, -0.2) is 4.98 Å². The summed E-state index contributed by atoms with van der Waals surface area (Å²) in [7, 11) is 0. The van der Waals surface area contributed by atoms with E-state index >= 15 is 0 Å². The van der Waals surface area contributed by atoms with Gasteiger partial charge in [-0.2, -0.15) is 0 Å². The highest BCUT2D eigenvalue weighted by Crippen LogP contribution is 2.31. The zero-order valence-electron chi connectivity index (χ0n) is 11.7. The minimum absolute atomic E-state index is 0.260. The number of aryl methyl sites for hydroxylation is 2. The number of imidazole rings is 1. The Balaban J connectivity index is 2.29. The summed E-state index contributed by atoms with van der Waals surface area (Å²) in [6.07, 6.45) is 4.54. The van der Waals surface area contributed by atoms with Crippen molar-refractivity contribution in [2.45, 2.75) is 26.8 Å². The summed E-state index contributed by atoms with van der Waals surface area (Å²) in [6, 6.07) is 7.55. The fourth-order valence-electron chi connectivity index (χ4n) is 2.47. The summed E-state index contributed by atoms with van der Waals surface area (Å²) in [4.78, 5) is 8.77. The second-order valence-corrected chi connectivity index (χ2v) is 4.97. The summed E-state index contributed by atoms with van der Waals surface area (Å²) in [5, 5.41) is 10.1. The lowest BCUT2D eigenvalue weighted by atomic mass is 10.1. The topological polar surface area (TPSA) is 50.9 Å². The van der Waals surface area contributed by atoms with Gasteiger partial charge in [-0.05, 0) is 31.5 Å². The van der Waals surface area contributed by atoms with E-state index in [9.17, 15) is 5.11 Å². The molecule has 0 radical (unpaired) electrons. The number of phenols is 1. The molecule has 0 unspecified atom stereocenters. The Bertz CT molecular complexity index is 762. The molecular weight excluding hydrogens is 250 g/mol. The third-order valence-electron chi connectivity index (χ3n) is 3.39. The fraction of sp³-hybridized carbons (Fsp3) is 0.250. The first-order chi connectivity index (χ1) is 9.70. The van der Waals surface area contributed by atoms with Crippen molar-refractivity contribution in [3.8, 4) is 17.1 Å². The van der Waals surface area contributed by atoms with Gasteiger partial charge >= 0.3 is 0 Å². The zero-order chi connectivity index (χ0) is 14.1. The van der Waals surface area contributed by atoms with Crippen LogP contribution in [0.4, 0.5) is 0 Å². The second-order valence-electron chi connectivity index (χ2n) is 4.97. The molecule has 3 aromatic rings. The van der Waals surface area contributed by atoms with Gasteiger partial charge in [-0.15, -0.1) is 0 Å². The number of hydrogen-bond donors (Lipinski definition) is 1. The maximum atomic E-state index is 10.1. The van der Waals surface area contributed by atoms with Crippen molar-refractivity contribution in [1.29, 1.82) is 0 Å². The minimum atomic E-state index is 0.260. The maximum Gasteiger partial charge on any atom is 0.144 e. The molecule has 0 aliphatic heterocycles. The predicted octanol–water partition coefficient (Wildman–Crippen LogP) is 3.52. The molecule has 0 bridgehead atoms. The molecule has 4 heteroatoms. The molecule has 0 saturated heterocycles. The van der Waals surface area contributed by atoms with E-state index in [-0.39, 0.29) is 5.75 Å². The first-order valence-corrected chi connectivity index (χ1v) is 6.81. The van der Waals surface area contributed by atoms with Gasteiger partial charge in [0.1, 0.15) is 17.1 Å². The van der Waals surface area contributed by atoms with Crippen molar-refractivity contribution in [3.05, 3.63) is 42.2 Å². The first kappa shape index (κ1) is 12.7. The van der Waals surface area contributed by atoms with Crippen molar-refractivity contribution in [2.75, 3.05) is 0 Å². The second kappa shape index (κ2) is 4.96. The van der Waals surface area contributed by atoms with Crippen molar-refractivity contribution < 1.29 is 5.11 Å². The molecule has 0 atom stereocenters. The quantitative estimate of drug-likeness (QED) is 0.790. The Hall–Kier alpha value is -2.36. The van der Waals surface area contributed by atoms with Gasteiger partial charge in [0, 0.05) is 12.7 Å². The Kier molecular flexibility index (Phi) is 3.14. The highest BCUT2D eigenvalue weighted by atomic mass is 16.3. The van der Waals surface area contributed by atoms with E-state index in [1.54, 1.807) is 18.5 Å². The molecule has 0 saturated carbocycles. The van der Waals surface area contributed by atoms with Crippen LogP contribution in [0.5, 0.6) is 5.75 Å². The molecule has 0 fully saturated rings. The van der Waals surface area contributed by atoms with Crippen molar-refractivity contribution in [3.63, 3.8) is 0 Å². The van der Waals surface area contributed by atoms with E-state index in [1.165, 1.54) is 0 Å². The van der Waals surface area contributed by atoms with Crippen LogP contribution in [0, 0.1) is 6.92 Å². The number of aromatic hydroxyl groups is 1. The van der Waals surface area contributed by atoms with E-state index in [0.29, 0.717) is 0 Å². The Morgan fingerprint density at radius 3 is 2.90 bits per heavy atom. The molecule has 2 heterocycles. The third kappa shape index (κ3) is 2.03. The maximum absolute atomic E-state index is 10.1. The molecule has 0 spiro atoms. The van der Waals surface area contributed by atoms with E-state index in [4.69, 9.17) is 0 Å². The van der Waals surface area contributed by atoms with Crippen LogP contribution in [-0.2, 0) is 6.54 Å². The first-order valence-electron chi connectivity index (χ1n) is 6.81. The van der Waals surface area contributed by atoms with E-state index < -0.39 is 0 Å². The van der Waals surface area contributed by atoms with Gasteiger partial charge in [-0.3, -0.25) is 4.98 Å². The molecule has 1 N–H and O–H groups in total. The van der Waals surface area contributed by atoms with Gasteiger partial charge in [0.15, 0.2) is 0 Å². The van der Waals surface area contributed by atoms with Gasteiger partial charge in [0.25, 0.3) is 0 Å². The Morgan fingerprint density at radius 2 is 2.10 bits per heavy atom. The number of pyridine rings is 1. The van der Waals surface area contributed by atoms with Crippen LogP contribution in [-0.4, -0.2) is 19.6 Å². The molecule has 3 rings (SSSR count). The number of hydrogen-bond acceptors (Lipinski definition) is 3. The van der Waals surface area contributed by atoms with Gasteiger partial charge in [-0.1, -0.05) is 18.6 Å². The molecule has 0 aliphatic rings. The smallest absolute Gasteiger partial charge is 0.144 e. The number of phenolic OH excluding ortho intramolecular Hbond substituents is 1. The number of rotatable bonds is 3. The lowest BCUT2D eigenvalue weighted by molar-refractivity contribution is 0.476. The zero-order valence-corrected chi connectivity index (χ0v) is 11.7. The summed E-state index contributed by atoms with van der Waals surface area (Å²) in [6.45, 7) is 5.01. The largest absolute Gasteiger partial charge is 0.507 e. The van der Waals surface area contributed by atoms with Gasteiger partial charge in [0.2, 0.25) is 0 Å². The molecule has 0 amide bonds. The SMILES string of the molecule is CCCn1c(-c2cc(C)ccc2O)nc2cnccc21. The minimum Gasteiger partial charge on any atom is -0.507 e. The van der Waals surface area contributed by atoms with E-state index in [0.717, 1.165) is 41.0 Å². The normalized spacial score (nSPS) is 11.1. The molecule has 102 valence electrons. The Morgan fingerprint density at radius 1 is 1.25 bits per heavy atom. The third-order valence-corrected chi connectivity index (χ3v) is 3.39. The van der Waals surface area contributed by atoms with Crippen LogP contribution >= 0.6 is 0 Å². The Labute approximate surface area is 117 Å². The molecule has 4 nitrogen and oxygen atoms in total. The predicted molar refractivity (Wildman–Crippen MR) is 79.7 cm³/mol. The lowest BCUT2D eigenvalue weighted by Crippen LogP contribution is -2.00. The van der Waals surface area contributed by atoms with Crippen LogP contribution in [0.15, 0.2) is 36.7 Å². The average molecular weight is 267 g/mol. The summed E-state index contributed by atoms with van der Waals surface area (Å²) < 4.78 is 2.14. The number of aromatic nitrogens is 3. The number of benzene rings is 1. The molecule has 1 aromatic carbocycles. The van der Waals surface area contributed by atoms with Gasteiger partial charge < -0.3 is 9.67 Å². The van der Waals surface area contributed by atoms with Crippen molar-refractivity contribution in [1.82, 2.24) is 14.5 Å². The van der Waals surface area contributed by atoms with Crippen LogP contribution in [0.2, 0.25) is 0 Å². The van der Waals surface area contributed by atoms with E-state index in [2.05, 4.69) is 21.5 Å². The molecule has 2 aromatic heterocycles. The molecule has 0 aliphatic carbocycles. The van der Waals surface area contributed by atoms with Crippen LogP contribution in [0.3, 0.4) is 0 Å². The van der Waals surface area contributed by atoms with Gasteiger partial charge in [0.05, 0.1) is 17.3 Å². The molecular formula is C16H17N3O. The highest BCUT2D eigenvalue weighted by molar-refractivity contribution is 5.81. The number of nitrogens with zero attached hydrogens (tertiary/aromatic N) is 3. The lowest BCUT2D eigenvalue weighted by Gasteiger charge is -2.09. The average Bonchev–Trinajstić information content (AvgIpc) is 2.81. The molecule has 20 heavy (non-hydrogen) atoms. The van der Waals surface area contributed by atoms with Crippen LogP contribution in [0.25, 0.3) is 22.4 Å². The highest BCUT2D eigenvalue weighted by Gasteiger charge is 2.15. The van der Waals surface area contributed by atoms with Crippen LogP contribution < -0.4 is 0 Å². The summed E-state index contributed by atoms with van der Waals surface area (Å²) in [5.41, 5.74) is 3.79. The van der Waals surface area contributed by atoms with E-state index in [1.807, 2.05) is 25.1 Å². The monoisotopic (exact) mass is 267 g/mol.